The van der Waals surface area contributed by atoms with E-state index in [2.05, 4.69) is 36.3 Å². The molecule has 1 N–H and O–H groups in total. The maximum absolute atomic E-state index is 5.57. The van der Waals surface area contributed by atoms with Gasteiger partial charge in [0.15, 0.2) is 0 Å². The van der Waals surface area contributed by atoms with Crippen LogP contribution in [0, 0.1) is 6.92 Å². The number of hydrogen-bond acceptors (Lipinski definition) is 4. The summed E-state index contributed by atoms with van der Waals surface area (Å²) in [6.45, 7) is 6.16. The van der Waals surface area contributed by atoms with E-state index in [0.29, 0.717) is 11.6 Å². The summed E-state index contributed by atoms with van der Waals surface area (Å²) in [7, 11) is 2.13. The first-order valence-corrected chi connectivity index (χ1v) is 8.64. The molecule has 0 spiro atoms. The number of thiophene rings is 1. The minimum atomic E-state index is 0.301. The summed E-state index contributed by atoms with van der Waals surface area (Å²) in [6.07, 6.45) is 5.35. The van der Waals surface area contributed by atoms with Gasteiger partial charge in [-0.05, 0) is 38.9 Å². The highest BCUT2D eigenvalue weighted by Crippen LogP contribution is 2.46. The van der Waals surface area contributed by atoms with Gasteiger partial charge < -0.3 is 10.1 Å². The van der Waals surface area contributed by atoms with Gasteiger partial charge in [-0.25, -0.2) is 0 Å². The lowest BCUT2D eigenvalue weighted by atomic mass is 9.84. The van der Waals surface area contributed by atoms with Crippen LogP contribution in [-0.2, 0) is 4.74 Å². The van der Waals surface area contributed by atoms with Gasteiger partial charge >= 0.3 is 0 Å². The van der Waals surface area contributed by atoms with Gasteiger partial charge in [0.25, 0.3) is 0 Å². The van der Waals surface area contributed by atoms with Gasteiger partial charge in [-0.3, -0.25) is 4.90 Å². The van der Waals surface area contributed by atoms with E-state index in [4.69, 9.17) is 4.74 Å². The molecule has 1 unspecified atom stereocenters. The first kappa shape index (κ1) is 14.5. The molecule has 4 heteroatoms. The van der Waals surface area contributed by atoms with E-state index in [1.807, 2.05) is 11.3 Å². The molecule has 1 aliphatic carbocycles. The zero-order chi connectivity index (χ0) is 14.0. The molecule has 1 aromatic rings. The normalized spacial score (nSPS) is 24.9. The summed E-state index contributed by atoms with van der Waals surface area (Å²) in [5.41, 5.74) is 0.301. The second-order valence-corrected chi connectivity index (χ2v) is 7.40. The number of nitrogens with zero attached hydrogens (tertiary/aromatic N) is 1. The molecule has 1 atom stereocenters. The quantitative estimate of drug-likeness (QED) is 0.924. The zero-order valence-electron chi connectivity index (χ0n) is 12.7. The first-order chi connectivity index (χ1) is 9.76. The van der Waals surface area contributed by atoms with Crippen molar-refractivity contribution in [2.75, 3.05) is 33.4 Å². The summed E-state index contributed by atoms with van der Waals surface area (Å²) in [5, 5.41) is 3.64. The monoisotopic (exact) mass is 294 g/mol. The van der Waals surface area contributed by atoms with Crippen LogP contribution in [0.1, 0.15) is 41.5 Å². The lowest BCUT2D eigenvalue weighted by Crippen LogP contribution is -2.57. The molecular formula is C16H26N2OS. The largest absolute Gasteiger partial charge is 0.379 e. The van der Waals surface area contributed by atoms with Crippen LogP contribution in [0.4, 0.5) is 0 Å². The number of ether oxygens (including phenoxy) is 1. The molecular weight excluding hydrogens is 268 g/mol. The van der Waals surface area contributed by atoms with Gasteiger partial charge in [0, 0.05) is 28.4 Å². The van der Waals surface area contributed by atoms with Crippen LogP contribution >= 0.6 is 11.3 Å². The van der Waals surface area contributed by atoms with E-state index in [1.165, 1.54) is 35.4 Å². The second-order valence-electron chi connectivity index (χ2n) is 6.08. The van der Waals surface area contributed by atoms with E-state index in [-0.39, 0.29) is 0 Å². The van der Waals surface area contributed by atoms with Crippen molar-refractivity contribution in [1.82, 2.24) is 10.2 Å². The number of hydrogen-bond donors (Lipinski definition) is 1. The minimum absolute atomic E-state index is 0.301. The lowest BCUT2D eigenvalue weighted by molar-refractivity contribution is -0.0349. The zero-order valence-corrected chi connectivity index (χ0v) is 13.5. The number of nitrogens with one attached hydrogen (secondary N) is 1. The lowest BCUT2D eigenvalue weighted by Gasteiger charge is -2.48. The van der Waals surface area contributed by atoms with Crippen molar-refractivity contribution in [3.63, 3.8) is 0 Å². The third-order valence-corrected chi connectivity index (χ3v) is 6.05. The summed E-state index contributed by atoms with van der Waals surface area (Å²) >= 11 is 1.95. The van der Waals surface area contributed by atoms with Gasteiger partial charge in [-0.1, -0.05) is 12.8 Å². The highest BCUT2D eigenvalue weighted by atomic mass is 32.1. The third-order valence-electron chi connectivity index (χ3n) is 4.98. The maximum Gasteiger partial charge on any atom is 0.0599 e. The Kier molecular flexibility index (Phi) is 4.46. The average molecular weight is 294 g/mol. The fourth-order valence-corrected chi connectivity index (χ4v) is 5.17. The Morgan fingerprint density at radius 1 is 1.25 bits per heavy atom. The molecule has 0 radical (unpaired) electrons. The summed E-state index contributed by atoms with van der Waals surface area (Å²) in [5.74, 6) is 0. The van der Waals surface area contributed by atoms with Crippen LogP contribution in [-0.4, -0.2) is 43.8 Å². The summed E-state index contributed by atoms with van der Waals surface area (Å²) in [6, 6.07) is 5.04. The van der Waals surface area contributed by atoms with Gasteiger partial charge in [0.2, 0.25) is 0 Å². The Bertz CT molecular complexity index is 433. The minimum Gasteiger partial charge on any atom is -0.379 e. The van der Waals surface area contributed by atoms with Gasteiger partial charge in [0.1, 0.15) is 0 Å². The van der Waals surface area contributed by atoms with Crippen molar-refractivity contribution >= 4 is 11.3 Å². The molecule has 0 amide bonds. The molecule has 1 saturated carbocycles. The molecule has 112 valence electrons. The molecule has 3 rings (SSSR count). The molecule has 1 aromatic heterocycles. The van der Waals surface area contributed by atoms with E-state index in [1.54, 1.807) is 0 Å². The Morgan fingerprint density at radius 3 is 2.50 bits per heavy atom. The van der Waals surface area contributed by atoms with Gasteiger partial charge in [0.05, 0.1) is 19.3 Å². The fraction of sp³-hybridized carbons (Fsp3) is 0.750. The van der Waals surface area contributed by atoms with Crippen molar-refractivity contribution < 1.29 is 4.74 Å². The van der Waals surface area contributed by atoms with Crippen molar-refractivity contribution in [3.8, 4) is 0 Å². The van der Waals surface area contributed by atoms with Crippen LogP contribution in [0.2, 0.25) is 0 Å². The van der Waals surface area contributed by atoms with Crippen molar-refractivity contribution in [3.05, 3.63) is 21.9 Å². The van der Waals surface area contributed by atoms with Crippen LogP contribution in [0.3, 0.4) is 0 Å². The van der Waals surface area contributed by atoms with Crippen molar-refractivity contribution in [2.45, 2.75) is 44.2 Å². The SMILES string of the molecule is CNC(c1ccc(C)s1)C1(N2CCOCC2)CCCC1. The Balaban J connectivity index is 1.91. The number of likely N-dealkylation sites (N-methyl/N-ethyl adjacent to an activating group) is 1. The Morgan fingerprint density at radius 2 is 1.95 bits per heavy atom. The van der Waals surface area contributed by atoms with Crippen LogP contribution in [0.5, 0.6) is 0 Å². The molecule has 3 nitrogen and oxygen atoms in total. The molecule has 20 heavy (non-hydrogen) atoms. The molecule has 1 saturated heterocycles. The Hall–Kier alpha value is -0.420. The van der Waals surface area contributed by atoms with Gasteiger partial charge in [-0.2, -0.15) is 0 Å². The summed E-state index contributed by atoms with van der Waals surface area (Å²) < 4.78 is 5.57. The smallest absolute Gasteiger partial charge is 0.0599 e. The average Bonchev–Trinajstić information content (AvgIpc) is 3.12. The van der Waals surface area contributed by atoms with Crippen LogP contribution < -0.4 is 5.32 Å². The topological polar surface area (TPSA) is 24.5 Å². The number of aryl methyl sites for hydroxylation is 1. The predicted molar refractivity (Wildman–Crippen MR) is 84.4 cm³/mol. The van der Waals surface area contributed by atoms with E-state index < -0.39 is 0 Å². The second kappa shape index (κ2) is 6.14. The van der Waals surface area contributed by atoms with Crippen molar-refractivity contribution in [1.29, 1.82) is 0 Å². The molecule has 1 aliphatic heterocycles. The molecule has 2 heterocycles. The van der Waals surface area contributed by atoms with Gasteiger partial charge in [-0.15, -0.1) is 11.3 Å². The highest BCUT2D eigenvalue weighted by molar-refractivity contribution is 7.12. The molecule has 0 bridgehead atoms. The summed E-state index contributed by atoms with van der Waals surface area (Å²) in [4.78, 5) is 5.62. The molecule has 0 aromatic carbocycles. The molecule has 2 aliphatic rings. The van der Waals surface area contributed by atoms with E-state index >= 15 is 0 Å². The third kappa shape index (κ3) is 2.54. The standard InChI is InChI=1S/C16H26N2OS/c1-13-5-6-14(20-13)15(17-2)16(7-3-4-8-16)18-9-11-19-12-10-18/h5-6,15,17H,3-4,7-12H2,1-2H3. The van der Waals surface area contributed by atoms with E-state index in [0.717, 1.165) is 26.3 Å². The highest BCUT2D eigenvalue weighted by Gasteiger charge is 2.46. The van der Waals surface area contributed by atoms with Crippen LogP contribution in [0.15, 0.2) is 12.1 Å². The maximum atomic E-state index is 5.57. The molecule has 2 fully saturated rings. The van der Waals surface area contributed by atoms with Crippen LogP contribution in [0.25, 0.3) is 0 Å². The fourth-order valence-electron chi connectivity index (χ4n) is 4.07. The Labute approximate surface area is 126 Å². The van der Waals surface area contributed by atoms with E-state index in [9.17, 15) is 0 Å². The number of morpholine rings is 1. The predicted octanol–water partition coefficient (Wildman–Crippen LogP) is 2.96. The number of rotatable bonds is 4. The first-order valence-electron chi connectivity index (χ1n) is 7.83. The van der Waals surface area contributed by atoms with Crippen molar-refractivity contribution in [2.24, 2.45) is 0 Å².